The number of aromatic nitrogens is 3. The minimum absolute atomic E-state index is 0.0379. The lowest BCUT2D eigenvalue weighted by Crippen LogP contribution is -2.47. The van der Waals surface area contributed by atoms with Gasteiger partial charge in [-0.05, 0) is 61.4 Å². The van der Waals surface area contributed by atoms with Crippen molar-refractivity contribution in [2.75, 3.05) is 86.3 Å². The maximum atomic E-state index is 12.7. The fourth-order valence-electron chi connectivity index (χ4n) is 6.10. The van der Waals surface area contributed by atoms with E-state index in [0.29, 0.717) is 87.4 Å². The standard InChI is InChI=1S/C31H36N8O5/c40-28(37-11-15-42-16-12-37)22-3-7-24(8-4-22)33-31(41)32-23-5-1-21(2-6-23)27-34-29(38-13-17-43-18-14-38)36-30(35-27)39-25-9-10-26(39)20-44-19-25/h1-8,25-26H,9-20H2,(H2,32,33,41). The largest absolute Gasteiger partial charge is 0.378 e. The Bertz CT molecular complexity index is 1460. The van der Waals surface area contributed by atoms with Crippen LogP contribution in [-0.2, 0) is 14.2 Å². The number of nitrogens with one attached hydrogen (secondary N) is 2. The van der Waals surface area contributed by atoms with Crippen LogP contribution in [0, 0.1) is 0 Å². The van der Waals surface area contributed by atoms with Crippen LogP contribution < -0.4 is 20.4 Å². The number of anilines is 4. The predicted octanol–water partition coefficient (Wildman–Crippen LogP) is 2.86. The van der Waals surface area contributed by atoms with Crippen LogP contribution in [-0.4, -0.2) is 110 Å². The molecule has 2 unspecified atom stereocenters. The quantitative estimate of drug-likeness (QED) is 0.435. The van der Waals surface area contributed by atoms with Gasteiger partial charge in [-0.3, -0.25) is 4.79 Å². The molecule has 0 spiro atoms. The number of morpholine rings is 3. The summed E-state index contributed by atoms with van der Waals surface area (Å²) in [5.41, 5.74) is 2.62. The van der Waals surface area contributed by atoms with E-state index in [4.69, 9.17) is 29.2 Å². The minimum Gasteiger partial charge on any atom is -0.378 e. The Morgan fingerprint density at radius 1 is 0.682 bits per heavy atom. The van der Waals surface area contributed by atoms with Crippen molar-refractivity contribution in [3.8, 4) is 11.4 Å². The van der Waals surface area contributed by atoms with Crippen molar-refractivity contribution < 1.29 is 23.8 Å². The van der Waals surface area contributed by atoms with Gasteiger partial charge in [-0.2, -0.15) is 15.0 Å². The van der Waals surface area contributed by atoms with E-state index in [0.717, 1.165) is 31.5 Å². The highest BCUT2D eigenvalue weighted by Gasteiger charge is 2.39. The van der Waals surface area contributed by atoms with E-state index in [1.54, 1.807) is 29.2 Å². The summed E-state index contributed by atoms with van der Waals surface area (Å²) in [5, 5.41) is 5.69. The molecule has 2 N–H and O–H groups in total. The molecule has 2 aromatic carbocycles. The topological polar surface area (TPSA) is 134 Å². The first-order valence-corrected chi connectivity index (χ1v) is 15.2. The van der Waals surface area contributed by atoms with Gasteiger partial charge in [0.2, 0.25) is 11.9 Å². The third kappa shape index (κ3) is 6.16. The second-order valence-corrected chi connectivity index (χ2v) is 11.3. The number of carbonyl (C=O) groups is 2. The van der Waals surface area contributed by atoms with E-state index >= 15 is 0 Å². The fraction of sp³-hybridized carbons (Fsp3) is 0.452. The molecule has 3 amide bonds. The highest BCUT2D eigenvalue weighted by atomic mass is 16.5. The summed E-state index contributed by atoms with van der Waals surface area (Å²) in [6, 6.07) is 14.5. The Balaban J connectivity index is 1.03. The molecule has 44 heavy (non-hydrogen) atoms. The molecule has 0 saturated carbocycles. The molecule has 13 nitrogen and oxygen atoms in total. The SMILES string of the molecule is O=C(Nc1ccc(C(=O)N2CCOCC2)cc1)Nc1ccc(-c2nc(N3CCOCC3)nc(N3C4CCC3COC4)n2)cc1. The number of nitrogens with zero attached hydrogens (tertiary/aromatic N) is 6. The molecule has 13 heteroatoms. The van der Waals surface area contributed by atoms with Crippen LogP contribution in [0.3, 0.4) is 0 Å². The zero-order valence-corrected chi connectivity index (χ0v) is 24.5. The molecule has 0 aliphatic carbocycles. The molecular weight excluding hydrogens is 564 g/mol. The first-order chi connectivity index (χ1) is 21.6. The van der Waals surface area contributed by atoms with Gasteiger partial charge in [0.15, 0.2) is 5.82 Å². The summed E-state index contributed by atoms with van der Waals surface area (Å²) >= 11 is 0. The van der Waals surface area contributed by atoms with Crippen molar-refractivity contribution in [1.82, 2.24) is 19.9 Å². The third-order valence-electron chi connectivity index (χ3n) is 8.47. The summed E-state index contributed by atoms with van der Waals surface area (Å²) in [7, 11) is 0. The van der Waals surface area contributed by atoms with E-state index in [9.17, 15) is 9.59 Å². The molecule has 1 aromatic heterocycles. The van der Waals surface area contributed by atoms with Crippen LogP contribution in [0.15, 0.2) is 48.5 Å². The van der Waals surface area contributed by atoms with Crippen molar-refractivity contribution in [3.63, 3.8) is 0 Å². The minimum atomic E-state index is -0.384. The van der Waals surface area contributed by atoms with Crippen LogP contribution in [0.25, 0.3) is 11.4 Å². The number of hydrogen-bond acceptors (Lipinski definition) is 10. The molecule has 2 bridgehead atoms. The van der Waals surface area contributed by atoms with Gasteiger partial charge >= 0.3 is 6.03 Å². The third-order valence-corrected chi connectivity index (χ3v) is 8.47. The van der Waals surface area contributed by atoms with Gasteiger partial charge in [0.1, 0.15) is 0 Å². The number of hydrogen-bond donors (Lipinski definition) is 2. The van der Waals surface area contributed by atoms with E-state index in [-0.39, 0.29) is 24.0 Å². The van der Waals surface area contributed by atoms with Gasteiger partial charge in [-0.25, -0.2) is 4.79 Å². The smallest absolute Gasteiger partial charge is 0.323 e. The van der Waals surface area contributed by atoms with Crippen LogP contribution >= 0.6 is 0 Å². The maximum Gasteiger partial charge on any atom is 0.323 e. The van der Waals surface area contributed by atoms with Crippen molar-refractivity contribution in [2.45, 2.75) is 24.9 Å². The van der Waals surface area contributed by atoms with Gasteiger partial charge in [0.05, 0.1) is 51.7 Å². The highest BCUT2D eigenvalue weighted by Crippen LogP contribution is 2.34. The molecule has 4 fully saturated rings. The number of amides is 3. The van der Waals surface area contributed by atoms with Crippen molar-refractivity contribution in [2.24, 2.45) is 0 Å². The van der Waals surface area contributed by atoms with E-state index in [1.807, 2.05) is 24.3 Å². The molecule has 2 atom stereocenters. The Kier molecular flexibility index (Phi) is 8.22. The number of fused-ring (bicyclic) bond motifs is 2. The fourth-order valence-corrected chi connectivity index (χ4v) is 6.10. The van der Waals surface area contributed by atoms with E-state index < -0.39 is 0 Å². The van der Waals surface area contributed by atoms with Gasteiger partial charge in [-0.1, -0.05) is 0 Å². The summed E-state index contributed by atoms with van der Waals surface area (Å²) in [6.07, 6.45) is 2.13. The summed E-state index contributed by atoms with van der Waals surface area (Å²) in [6.45, 7) is 6.36. The second-order valence-electron chi connectivity index (χ2n) is 11.3. The second kappa shape index (κ2) is 12.7. The molecule has 230 valence electrons. The lowest BCUT2D eigenvalue weighted by Gasteiger charge is -2.35. The van der Waals surface area contributed by atoms with E-state index in [2.05, 4.69) is 20.4 Å². The average molecular weight is 601 g/mol. The zero-order chi connectivity index (χ0) is 29.9. The van der Waals surface area contributed by atoms with Crippen molar-refractivity contribution >= 4 is 35.2 Å². The normalized spacial score (nSPS) is 21.7. The number of urea groups is 1. The molecule has 4 aliphatic heterocycles. The van der Waals surface area contributed by atoms with Crippen LogP contribution in [0.5, 0.6) is 0 Å². The van der Waals surface area contributed by atoms with Gasteiger partial charge in [0.25, 0.3) is 5.91 Å². The first kappa shape index (κ1) is 28.4. The number of benzene rings is 2. The highest BCUT2D eigenvalue weighted by molar-refractivity contribution is 6.00. The molecule has 4 aliphatic rings. The Morgan fingerprint density at radius 3 is 1.89 bits per heavy atom. The van der Waals surface area contributed by atoms with E-state index in [1.165, 1.54) is 0 Å². The molecular formula is C31H36N8O5. The Morgan fingerprint density at radius 2 is 1.25 bits per heavy atom. The predicted molar refractivity (Wildman–Crippen MR) is 164 cm³/mol. The van der Waals surface area contributed by atoms with Crippen LogP contribution in [0.4, 0.5) is 28.1 Å². The van der Waals surface area contributed by atoms with Gasteiger partial charge in [0, 0.05) is 48.7 Å². The van der Waals surface area contributed by atoms with Crippen molar-refractivity contribution in [1.29, 1.82) is 0 Å². The monoisotopic (exact) mass is 600 g/mol. The lowest BCUT2D eigenvalue weighted by atomic mass is 10.1. The number of rotatable bonds is 6. The molecule has 0 radical (unpaired) electrons. The zero-order valence-electron chi connectivity index (χ0n) is 24.5. The Labute approximate surface area is 255 Å². The van der Waals surface area contributed by atoms with Gasteiger partial charge in [-0.15, -0.1) is 0 Å². The Hall–Kier alpha value is -4.33. The maximum absolute atomic E-state index is 12.7. The molecule has 5 heterocycles. The summed E-state index contributed by atoms with van der Waals surface area (Å²) in [5.74, 6) is 1.89. The average Bonchev–Trinajstić information content (AvgIpc) is 3.33. The molecule has 4 saturated heterocycles. The lowest BCUT2D eigenvalue weighted by molar-refractivity contribution is 0.0303. The van der Waals surface area contributed by atoms with Crippen LogP contribution in [0.2, 0.25) is 0 Å². The molecule has 7 rings (SSSR count). The summed E-state index contributed by atoms with van der Waals surface area (Å²) < 4.78 is 16.7. The van der Waals surface area contributed by atoms with Crippen LogP contribution in [0.1, 0.15) is 23.2 Å². The number of ether oxygens (including phenoxy) is 3. The first-order valence-electron chi connectivity index (χ1n) is 15.2. The van der Waals surface area contributed by atoms with Gasteiger partial charge < -0.3 is 39.5 Å². The van der Waals surface area contributed by atoms with Crippen molar-refractivity contribution in [3.05, 3.63) is 54.1 Å². The molecule has 3 aromatic rings. The number of carbonyl (C=O) groups excluding carboxylic acids is 2. The summed E-state index contributed by atoms with van der Waals surface area (Å²) in [4.78, 5) is 46.3.